The Kier molecular flexibility index (Phi) is 4.93. The fourth-order valence-corrected chi connectivity index (χ4v) is 2.91. The topological polar surface area (TPSA) is 63.5 Å². The quantitative estimate of drug-likeness (QED) is 0.617. The second kappa shape index (κ2) is 6.69. The van der Waals surface area contributed by atoms with E-state index >= 15 is 0 Å². The molecule has 0 aliphatic heterocycles. The van der Waals surface area contributed by atoms with Crippen LogP contribution in [0.2, 0.25) is 5.02 Å². The molecule has 7 heteroatoms. The van der Waals surface area contributed by atoms with Crippen LogP contribution in [0.25, 0.3) is 0 Å². The van der Waals surface area contributed by atoms with Gasteiger partial charge in [-0.15, -0.1) is 11.3 Å². The van der Waals surface area contributed by atoms with Crippen molar-refractivity contribution >= 4 is 34.5 Å². The molecule has 0 saturated carbocycles. The van der Waals surface area contributed by atoms with Crippen LogP contribution in [-0.4, -0.2) is 22.3 Å². The summed E-state index contributed by atoms with van der Waals surface area (Å²) in [6, 6.07) is 8.12. The summed E-state index contributed by atoms with van der Waals surface area (Å²) in [7, 11) is 0. The molecule has 0 bridgehead atoms. The van der Waals surface area contributed by atoms with E-state index in [1.807, 2.05) is 24.4 Å². The molecule has 110 valence electrons. The van der Waals surface area contributed by atoms with E-state index in [1.54, 1.807) is 16.2 Å². The summed E-state index contributed by atoms with van der Waals surface area (Å²) in [6.07, 6.45) is 0. The van der Waals surface area contributed by atoms with Gasteiger partial charge in [0.2, 0.25) is 0 Å². The van der Waals surface area contributed by atoms with Gasteiger partial charge in [-0.25, -0.2) is 0 Å². The number of nitro groups is 1. The molecule has 2 aromatic rings. The van der Waals surface area contributed by atoms with Crippen molar-refractivity contribution < 1.29 is 9.72 Å². The van der Waals surface area contributed by atoms with Gasteiger partial charge in [-0.3, -0.25) is 14.9 Å². The third-order valence-electron chi connectivity index (χ3n) is 3.00. The van der Waals surface area contributed by atoms with Crippen LogP contribution >= 0.6 is 22.9 Å². The lowest BCUT2D eigenvalue weighted by Gasteiger charge is -2.20. The SMILES string of the molecule is CCN(Cc1cccs1)C(=O)c1cccc([N+](=O)[O-])c1Cl. The largest absolute Gasteiger partial charge is 0.334 e. The lowest BCUT2D eigenvalue weighted by molar-refractivity contribution is -0.384. The van der Waals surface area contributed by atoms with Crippen LogP contribution in [0, 0.1) is 10.1 Å². The summed E-state index contributed by atoms with van der Waals surface area (Å²) >= 11 is 7.55. The first kappa shape index (κ1) is 15.5. The lowest BCUT2D eigenvalue weighted by atomic mass is 10.1. The molecule has 1 aromatic carbocycles. The van der Waals surface area contributed by atoms with Crippen LogP contribution in [0.3, 0.4) is 0 Å². The highest BCUT2D eigenvalue weighted by Crippen LogP contribution is 2.29. The van der Waals surface area contributed by atoms with Gasteiger partial charge >= 0.3 is 0 Å². The summed E-state index contributed by atoms with van der Waals surface area (Å²) < 4.78 is 0. The van der Waals surface area contributed by atoms with E-state index in [0.717, 1.165) is 4.88 Å². The summed E-state index contributed by atoms with van der Waals surface area (Å²) in [5, 5.41) is 12.7. The van der Waals surface area contributed by atoms with E-state index in [-0.39, 0.29) is 22.2 Å². The van der Waals surface area contributed by atoms with E-state index in [1.165, 1.54) is 18.2 Å². The number of rotatable bonds is 5. The van der Waals surface area contributed by atoms with Crippen molar-refractivity contribution in [2.45, 2.75) is 13.5 Å². The van der Waals surface area contributed by atoms with Gasteiger partial charge < -0.3 is 4.90 Å². The molecule has 0 N–H and O–H groups in total. The van der Waals surface area contributed by atoms with E-state index in [0.29, 0.717) is 13.1 Å². The van der Waals surface area contributed by atoms with Crippen molar-refractivity contribution in [3.63, 3.8) is 0 Å². The number of carbonyl (C=O) groups is 1. The number of hydrogen-bond acceptors (Lipinski definition) is 4. The molecule has 0 aliphatic carbocycles. The fraction of sp³-hybridized carbons (Fsp3) is 0.214. The smallest absolute Gasteiger partial charge is 0.288 e. The molecule has 0 aliphatic rings. The minimum absolute atomic E-state index is 0.114. The lowest BCUT2D eigenvalue weighted by Crippen LogP contribution is -2.30. The predicted octanol–water partition coefficient (Wildman–Crippen LogP) is 3.97. The Labute approximate surface area is 130 Å². The maximum atomic E-state index is 12.5. The minimum atomic E-state index is -0.589. The zero-order valence-corrected chi connectivity index (χ0v) is 12.9. The van der Waals surface area contributed by atoms with Crippen LogP contribution in [-0.2, 0) is 6.54 Å². The molecule has 2 rings (SSSR count). The number of hydrogen-bond donors (Lipinski definition) is 0. The Bertz CT molecular complexity index is 658. The van der Waals surface area contributed by atoms with Gasteiger partial charge in [0, 0.05) is 17.5 Å². The number of benzene rings is 1. The second-order valence-corrected chi connectivity index (χ2v) is 5.70. The molecule has 1 amide bonds. The van der Waals surface area contributed by atoms with E-state index < -0.39 is 4.92 Å². The predicted molar refractivity (Wildman–Crippen MR) is 82.8 cm³/mol. The third kappa shape index (κ3) is 3.40. The first-order valence-electron chi connectivity index (χ1n) is 6.29. The molecule has 0 spiro atoms. The molecule has 0 fully saturated rings. The Morgan fingerprint density at radius 3 is 2.71 bits per heavy atom. The van der Waals surface area contributed by atoms with Crippen molar-refractivity contribution in [1.82, 2.24) is 4.90 Å². The van der Waals surface area contributed by atoms with E-state index in [9.17, 15) is 14.9 Å². The highest BCUT2D eigenvalue weighted by molar-refractivity contribution is 7.09. The first-order valence-corrected chi connectivity index (χ1v) is 7.55. The summed E-state index contributed by atoms with van der Waals surface area (Å²) in [5.41, 5.74) is -0.0982. The molecular weight excluding hydrogens is 312 g/mol. The first-order chi connectivity index (χ1) is 10.0. The van der Waals surface area contributed by atoms with Gasteiger partial charge in [-0.2, -0.15) is 0 Å². The molecule has 1 aromatic heterocycles. The van der Waals surface area contributed by atoms with Crippen molar-refractivity contribution in [3.8, 4) is 0 Å². The summed E-state index contributed by atoms with van der Waals surface area (Å²) in [6.45, 7) is 2.82. The van der Waals surface area contributed by atoms with Gasteiger partial charge in [-0.1, -0.05) is 23.7 Å². The fourth-order valence-electron chi connectivity index (χ4n) is 1.91. The van der Waals surface area contributed by atoms with Crippen molar-refractivity contribution in [2.75, 3.05) is 6.54 Å². The average Bonchev–Trinajstić information content (AvgIpc) is 2.97. The standard InChI is InChI=1S/C14H13ClN2O3S/c1-2-16(9-10-5-4-8-21-10)14(18)11-6-3-7-12(13(11)15)17(19)20/h3-8H,2,9H2,1H3. The molecule has 0 radical (unpaired) electrons. The van der Waals surface area contributed by atoms with Gasteiger partial charge in [0.1, 0.15) is 5.02 Å². The Hall–Kier alpha value is -1.92. The second-order valence-electron chi connectivity index (χ2n) is 4.29. The minimum Gasteiger partial charge on any atom is -0.334 e. The molecule has 0 atom stereocenters. The highest BCUT2D eigenvalue weighted by atomic mass is 35.5. The Morgan fingerprint density at radius 2 is 2.14 bits per heavy atom. The molecule has 0 saturated heterocycles. The van der Waals surface area contributed by atoms with Crippen LogP contribution in [0.5, 0.6) is 0 Å². The van der Waals surface area contributed by atoms with Gasteiger partial charge in [0.25, 0.3) is 11.6 Å². The van der Waals surface area contributed by atoms with Gasteiger partial charge in [0.05, 0.1) is 17.0 Å². The highest BCUT2D eigenvalue weighted by Gasteiger charge is 2.23. The maximum Gasteiger partial charge on any atom is 0.288 e. The average molecular weight is 325 g/mol. The van der Waals surface area contributed by atoms with E-state index in [2.05, 4.69) is 0 Å². The number of halogens is 1. The monoisotopic (exact) mass is 324 g/mol. The van der Waals surface area contributed by atoms with Gasteiger partial charge in [0.15, 0.2) is 0 Å². The van der Waals surface area contributed by atoms with Crippen molar-refractivity contribution in [2.24, 2.45) is 0 Å². The number of nitrogens with zero attached hydrogens (tertiary/aromatic N) is 2. The zero-order chi connectivity index (χ0) is 15.4. The third-order valence-corrected chi connectivity index (χ3v) is 4.26. The normalized spacial score (nSPS) is 10.4. The Morgan fingerprint density at radius 1 is 1.38 bits per heavy atom. The maximum absolute atomic E-state index is 12.5. The Balaban J connectivity index is 2.29. The molecular formula is C14H13ClN2O3S. The summed E-state index contributed by atoms with van der Waals surface area (Å²) in [4.78, 5) is 25.5. The molecule has 0 unspecified atom stereocenters. The number of thiophene rings is 1. The van der Waals surface area contributed by atoms with Crippen LogP contribution in [0.1, 0.15) is 22.2 Å². The van der Waals surface area contributed by atoms with Crippen LogP contribution < -0.4 is 0 Å². The number of carbonyl (C=O) groups excluding carboxylic acids is 1. The van der Waals surface area contributed by atoms with E-state index in [4.69, 9.17) is 11.6 Å². The van der Waals surface area contributed by atoms with Crippen LogP contribution in [0.15, 0.2) is 35.7 Å². The van der Waals surface area contributed by atoms with Crippen molar-refractivity contribution in [1.29, 1.82) is 0 Å². The summed E-state index contributed by atoms with van der Waals surface area (Å²) in [5.74, 6) is -0.306. The van der Waals surface area contributed by atoms with Crippen LogP contribution in [0.4, 0.5) is 5.69 Å². The molecule has 21 heavy (non-hydrogen) atoms. The number of nitro benzene ring substituents is 1. The van der Waals surface area contributed by atoms with Gasteiger partial charge in [-0.05, 0) is 24.4 Å². The molecule has 5 nitrogen and oxygen atoms in total. The number of amides is 1. The zero-order valence-electron chi connectivity index (χ0n) is 11.3. The van der Waals surface area contributed by atoms with Crippen molar-refractivity contribution in [3.05, 3.63) is 61.3 Å². The molecule has 1 heterocycles.